The van der Waals surface area contributed by atoms with E-state index in [0.717, 1.165) is 64.2 Å². The summed E-state index contributed by atoms with van der Waals surface area (Å²) in [5.41, 5.74) is 0.901. The van der Waals surface area contributed by atoms with Gasteiger partial charge in [0.15, 0.2) is 0 Å². The van der Waals surface area contributed by atoms with Crippen LogP contribution in [0.1, 0.15) is 94.6 Å². The minimum atomic E-state index is -5.95. The average molecular weight is 525 g/mol. The van der Waals surface area contributed by atoms with Crippen LogP contribution >= 0.6 is 0 Å². The molecule has 0 N–H and O–H groups in total. The Morgan fingerprint density at radius 1 is 0.806 bits per heavy atom. The number of hydrogen-bond acceptors (Lipinski definition) is 2. The Bertz CT molecular complexity index is 844. The molecule has 1 aromatic carbocycles. The zero-order valence-corrected chi connectivity index (χ0v) is 20.6. The van der Waals surface area contributed by atoms with E-state index in [-0.39, 0.29) is 23.8 Å². The number of rotatable bonds is 9. The molecular weight excluding hydrogens is 489 g/mol. The van der Waals surface area contributed by atoms with Crippen LogP contribution < -0.4 is 0 Å². The van der Waals surface area contributed by atoms with Crippen molar-refractivity contribution in [2.75, 3.05) is 6.61 Å². The van der Waals surface area contributed by atoms with Crippen LogP contribution in [0, 0.1) is 29.4 Å². The second-order valence-corrected chi connectivity index (χ2v) is 10.5. The van der Waals surface area contributed by atoms with Crippen LogP contribution in [0.3, 0.4) is 0 Å². The first-order valence-corrected chi connectivity index (χ1v) is 13.0. The highest BCUT2D eigenvalue weighted by Crippen LogP contribution is 2.42. The Balaban J connectivity index is 1.33. The minimum Gasteiger partial charge on any atom is -0.461 e. The number of carbonyl (C=O) groups excluding carboxylic acids is 1. The fourth-order valence-corrected chi connectivity index (χ4v) is 5.78. The second-order valence-electron chi connectivity index (χ2n) is 10.5. The van der Waals surface area contributed by atoms with E-state index in [0.29, 0.717) is 23.8 Å². The van der Waals surface area contributed by atoms with E-state index in [9.17, 15) is 35.5 Å². The lowest BCUT2D eigenvalue weighted by Crippen LogP contribution is -2.45. The van der Waals surface area contributed by atoms with Crippen molar-refractivity contribution in [1.82, 2.24) is 0 Å². The maximum atomic E-state index is 14.5. The lowest BCUT2D eigenvalue weighted by Gasteiger charge is -2.32. The number of halogens is 7. The van der Waals surface area contributed by atoms with E-state index in [1.54, 1.807) is 0 Å². The molecule has 2 aliphatic rings. The molecule has 0 saturated heterocycles. The summed E-state index contributed by atoms with van der Waals surface area (Å²) >= 11 is 0. The summed E-state index contributed by atoms with van der Waals surface area (Å²) in [7, 11) is 0. The Hall–Kier alpha value is -1.80. The van der Waals surface area contributed by atoms with Crippen molar-refractivity contribution in [1.29, 1.82) is 0 Å². The van der Waals surface area contributed by atoms with Gasteiger partial charge in [-0.15, -0.1) is 0 Å². The number of hydrogen-bond donors (Lipinski definition) is 0. The van der Waals surface area contributed by atoms with E-state index >= 15 is 0 Å². The number of alkyl halides is 5. The van der Waals surface area contributed by atoms with Gasteiger partial charge in [0.25, 0.3) is 0 Å². The lowest BCUT2D eigenvalue weighted by molar-refractivity contribution is -0.280. The van der Waals surface area contributed by atoms with Crippen LogP contribution in [0.5, 0.6) is 0 Å². The average Bonchev–Trinajstić information content (AvgIpc) is 2.83. The van der Waals surface area contributed by atoms with Gasteiger partial charge >= 0.3 is 18.1 Å². The van der Waals surface area contributed by atoms with Gasteiger partial charge in [0.2, 0.25) is 0 Å². The van der Waals surface area contributed by atoms with Crippen LogP contribution in [0.4, 0.5) is 30.7 Å². The standard InChI is InChI=1S/C27H35F7O2/c1-2-17-15-22(28)24(23(29)16-17)21-11-9-19(10-12-21)4-3-18-5-7-20(8-6-18)13-14-36-25(35)26(30,31)27(32,33)34/h15-16,18-21H,2-14H2,1H3. The third kappa shape index (κ3) is 7.15. The highest BCUT2D eigenvalue weighted by atomic mass is 19.4. The third-order valence-electron chi connectivity index (χ3n) is 8.12. The van der Waals surface area contributed by atoms with Gasteiger partial charge in [-0.3, -0.25) is 0 Å². The molecule has 0 atom stereocenters. The summed E-state index contributed by atoms with van der Waals surface area (Å²) in [4.78, 5) is 11.1. The van der Waals surface area contributed by atoms with Crippen LogP contribution in [0.15, 0.2) is 12.1 Å². The van der Waals surface area contributed by atoms with E-state index in [2.05, 4.69) is 4.74 Å². The third-order valence-corrected chi connectivity index (χ3v) is 8.12. The quantitative estimate of drug-likeness (QED) is 0.239. The highest BCUT2D eigenvalue weighted by molar-refractivity contribution is 5.78. The van der Waals surface area contributed by atoms with Gasteiger partial charge in [0.05, 0.1) is 6.61 Å². The van der Waals surface area contributed by atoms with Crippen molar-refractivity contribution in [3.8, 4) is 0 Å². The molecule has 2 fully saturated rings. The van der Waals surface area contributed by atoms with E-state index in [4.69, 9.17) is 0 Å². The SMILES string of the molecule is CCc1cc(F)c(C2CCC(CCC3CCC(CCOC(=O)C(F)(F)C(F)(F)F)CC3)CC2)c(F)c1. The molecular formula is C27H35F7O2. The molecule has 0 heterocycles. The largest absolute Gasteiger partial charge is 0.465 e. The Morgan fingerprint density at radius 2 is 1.25 bits per heavy atom. The molecule has 2 aliphatic carbocycles. The van der Waals surface area contributed by atoms with Crippen LogP contribution in [-0.2, 0) is 16.0 Å². The highest BCUT2D eigenvalue weighted by Gasteiger charge is 2.64. The Kier molecular flexibility index (Phi) is 9.72. The number of esters is 1. The maximum Gasteiger partial charge on any atom is 0.465 e. The molecule has 36 heavy (non-hydrogen) atoms. The zero-order chi connectivity index (χ0) is 26.5. The summed E-state index contributed by atoms with van der Waals surface area (Å²) in [5, 5.41) is 0. The van der Waals surface area contributed by atoms with Crippen molar-refractivity contribution >= 4 is 5.97 Å². The fourth-order valence-electron chi connectivity index (χ4n) is 5.78. The normalized spacial score (nSPS) is 25.6. The van der Waals surface area contributed by atoms with Crippen molar-refractivity contribution in [2.45, 2.75) is 102 Å². The maximum absolute atomic E-state index is 14.5. The van der Waals surface area contributed by atoms with Gasteiger partial charge in [-0.05, 0) is 79.9 Å². The van der Waals surface area contributed by atoms with Gasteiger partial charge in [0, 0.05) is 5.56 Å². The first-order valence-electron chi connectivity index (χ1n) is 13.0. The lowest BCUT2D eigenvalue weighted by atomic mass is 9.74. The number of carbonyl (C=O) groups is 1. The molecule has 1 aromatic rings. The summed E-state index contributed by atoms with van der Waals surface area (Å²) in [6, 6.07) is 2.89. The summed E-state index contributed by atoms with van der Waals surface area (Å²) in [5.74, 6) is -7.75. The molecule has 3 rings (SSSR count). The Morgan fingerprint density at radius 3 is 1.69 bits per heavy atom. The molecule has 0 unspecified atom stereocenters. The minimum absolute atomic E-state index is 0.0761. The molecule has 0 aromatic heterocycles. The van der Waals surface area contributed by atoms with Gasteiger partial charge < -0.3 is 4.74 Å². The monoisotopic (exact) mass is 524 g/mol. The number of benzene rings is 1. The van der Waals surface area contributed by atoms with Crippen LogP contribution in [0.25, 0.3) is 0 Å². The number of ether oxygens (including phenoxy) is 1. The molecule has 0 bridgehead atoms. The Labute approximate surface area is 208 Å². The molecule has 2 saturated carbocycles. The molecule has 9 heteroatoms. The number of aryl methyl sites for hydroxylation is 1. The topological polar surface area (TPSA) is 26.3 Å². The first-order chi connectivity index (χ1) is 16.9. The van der Waals surface area contributed by atoms with Gasteiger partial charge in [0.1, 0.15) is 11.6 Å². The first kappa shape index (κ1) is 28.8. The summed E-state index contributed by atoms with van der Waals surface area (Å²) in [6.45, 7) is 1.43. The van der Waals surface area contributed by atoms with Crippen molar-refractivity contribution < 1.29 is 40.3 Å². The molecule has 0 spiro atoms. The zero-order valence-electron chi connectivity index (χ0n) is 20.6. The summed E-state index contributed by atoms with van der Waals surface area (Å²) in [6.07, 6.45) is 4.06. The molecule has 0 aliphatic heterocycles. The molecule has 0 radical (unpaired) electrons. The van der Waals surface area contributed by atoms with E-state index in [1.807, 2.05) is 6.92 Å². The predicted molar refractivity (Wildman–Crippen MR) is 122 cm³/mol. The van der Waals surface area contributed by atoms with Crippen molar-refractivity contribution in [2.24, 2.45) is 17.8 Å². The summed E-state index contributed by atoms with van der Waals surface area (Å²) < 4.78 is 95.6. The van der Waals surface area contributed by atoms with Gasteiger partial charge in [-0.25, -0.2) is 13.6 Å². The smallest absolute Gasteiger partial charge is 0.461 e. The van der Waals surface area contributed by atoms with Crippen LogP contribution in [-0.4, -0.2) is 24.7 Å². The molecule has 0 amide bonds. The van der Waals surface area contributed by atoms with Crippen molar-refractivity contribution in [3.63, 3.8) is 0 Å². The predicted octanol–water partition coefficient (Wildman–Crippen LogP) is 8.52. The van der Waals surface area contributed by atoms with E-state index in [1.165, 1.54) is 12.1 Å². The van der Waals surface area contributed by atoms with E-state index < -0.39 is 36.3 Å². The molecule has 204 valence electrons. The van der Waals surface area contributed by atoms with Crippen LogP contribution in [0.2, 0.25) is 0 Å². The van der Waals surface area contributed by atoms with Crippen molar-refractivity contribution in [3.05, 3.63) is 34.9 Å². The second kappa shape index (κ2) is 12.2. The van der Waals surface area contributed by atoms with Gasteiger partial charge in [-0.2, -0.15) is 22.0 Å². The van der Waals surface area contributed by atoms with Gasteiger partial charge in [-0.1, -0.05) is 45.4 Å². The molecule has 2 nitrogen and oxygen atoms in total. The fraction of sp³-hybridized carbons (Fsp3) is 0.741.